The standard InChI is InChI=1S/C30H25ClFN3O2/c1-37-22-15-11-19(12-16-22)26-18-35-28(29(36)33-25-8-3-2-7-24(25)31)27(20-9-13-21(32)14-10-20)23-6-4-5-17-34(26)30(23)35/h2-3,7-16,18H,4-6,17H2,1H3,(H,33,36). The van der Waals surface area contributed by atoms with Crippen LogP contribution in [0.3, 0.4) is 0 Å². The van der Waals surface area contributed by atoms with Gasteiger partial charge in [-0.2, -0.15) is 0 Å². The first-order valence-corrected chi connectivity index (χ1v) is 12.7. The van der Waals surface area contributed by atoms with E-state index in [0.29, 0.717) is 16.4 Å². The quantitative estimate of drug-likeness (QED) is 0.265. The Kier molecular flexibility index (Phi) is 5.97. The first kappa shape index (κ1) is 23.4. The van der Waals surface area contributed by atoms with Gasteiger partial charge in [0.05, 0.1) is 23.5 Å². The van der Waals surface area contributed by atoms with Crippen molar-refractivity contribution in [1.29, 1.82) is 0 Å². The van der Waals surface area contributed by atoms with Crippen molar-refractivity contribution >= 4 is 28.8 Å². The van der Waals surface area contributed by atoms with Gasteiger partial charge in [-0.15, -0.1) is 0 Å². The molecule has 0 spiro atoms. The van der Waals surface area contributed by atoms with Crippen LogP contribution >= 0.6 is 11.6 Å². The zero-order valence-corrected chi connectivity index (χ0v) is 21.1. The van der Waals surface area contributed by atoms with Gasteiger partial charge >= 0.3 is 0 Å². The Morgan fingerprint density at radius 3 is 2.43 bits per heavy atom. The Hall–Kier alpha value is -4.03. The van der Waals surface area contributed by atoms with Crippen LogP contribution in [-0.2, 0) is 13.0 Å². The van der Waals surface area contributed by atoms with E-state index in [-0.39, 0.29) is 11.7 Å². The van der Waals surface area contributed by atoms with E-state index in [1.54, 1.807) is 31.4 Å². The fourth-order valence-corrected chi connectivity index (χ4v) is 5.46. The predicted molar refractivity (Wildman–Crippen MR) is 145 cm³/mol. The number of rotatable bonds is 5. The molecule has 0 radical (unpaired) electrons. The Morgan fingerprint density at radius 1 is 0.973 bits per heavy atom. The lowest BCUT2D eigenvalue weighted by Crippen LogP contribution is -2.15. The largest absolute Gasteiger partial charge is 0.497 e. The highest BCUT2D eigenvalue weighted by molar-refractivity contribution is 6.34. The van der Waals surface area contributed by atoms with Crippen LogP contribution in [-0.4, -0.2) is 22.0 Å². The second-order valence-corrected chi connectivity index (χ2v) is 9.60. The summed E-state index contributed by atoms with van der Waals surface area (Å²) in [5.74, 6) is 0.205. The van der Waals surface area contributed by atoms with Gasteiger partial charge in [0.15, 0.2) is 0 Å². The molecule has 5 aromatic rings. The minimum absolute atomic E-state index is 0.271. The van der Waals surface area contributed by atoms with Crippen molar-refractivity contribution in [3.8, 4) is 28.1 Å². The molecule has 3 aromatic carbocycles. The molecule has 0 saturated heterocycles. The number of para-hydroxylation sites is 1. The molecule has 0 saturated carbocycles. The van der Waals surface area contributed by atoms with E-state index >= 15 is 0 Å². The average Bonchev–Trinajstić information content (AvgIpc) is 3.33. The first-order chi connectivity index (χ1) is 18.0. The molecule has 3 heterocycles. The first-order valence-electron chi connectivity index (χ1n) is 12.3. The smallest absolute Gasteiger partial charge is 0.273 e. The number of ether oxygens (including phenoxy) is 1. The van der Waals surface area contributed by atoms with Gasteiger partial charge in [0.25, 0.3) is 5.91 Å². The number of carbonyl (C=O) groups is 1. The van der Waals surface area contributed by atoms with Crippen molar-refractivity contribution in [3.63, 3.8) is 0 Å². The van der Waals surface area contributed by atoms with E-state index in [4.69, 9.17) is 16.3 Å². The molecule has 1 aliphatic rings. The Morgan fingerprint density at radius 2 is 1.70 bits per heavy atom. The number of nitrogens with zero attached hydrogens (tertiary/aromatic N) is 2. The summed E-state index contributed by atoms with van der Waals surface area (Å²) in [6.07, 6.45) is 4.86. The lowest BCUT2D eigenvalue weighted by molar-refractivity contribution is 0.102. The maximum Gasteiger partial charge on any atom is 0.273 e. The van der Waals surface area contributed by atoms with E-state index in [1.165, 1.54) is 12.1 Å². The molecule has 7 heteroatoms. The van der Waals surface area contributed by atoms with Gasteiger partial charge in [-0.25, -0.2) is 4.39 Å². The molecule has 0 atom stereocenters. The number of aromatic nitrogens is 2. The maximum absolute atomic E-state index is 13.9. The molecule has 0 fully saturated rings. The van der Waals surface area contributed by atoms with E-state index in [9.17, 15) is 9.18 Å². The van der Waals surface area contributed by atoms with Gasteiger partial charge in [0.1, 0.15) is 22.9 Å². The Labute approximate surface area is 219 Å². The van der Waals surface area contributed by atoms with Crippen LogP contribution in [0.25, 0.3) is 28.0 Å². The van der Waals surface area contributed by atoms with Crippen LogP contribution in [0, 0.1) is 5.82 Å². The van der Waals surface area contributed by atoms with Crippen LogP contribution in [0.15, 0.2) is 79.0 Å². The zero-order valence-electron chi connectivity index (χ0n) is 20.3. The summed E-state index contributed by atoms with van der Waals surface area (Å²) in [6, 6.07) is 21.5. The third-order valence-electron chi connectivity index (χ3n) is 6.99. The number of imidazole rings is 1. The van der Waals surface area contributed by atoms with Gasteiger partial charge in [-0.3, -0.25) is 9.20 Å². The highest BCUT2D eigenvalue weighted by Gasteiger charge is 2.30. The number of benzene rings is 3. The van der Waals surface area contributed by atoms with Gasteiger partial charge in [0, 0.05) is 23.9 Å². The van der Waals surface area contributed by atoms with E-state index in [2.05, 4.69) is 9.88 Å². The minimum atomic E-state index is -0.313. The van der Waals surface area contributed by atoms with Gasteiger partial charge < -0.3 is 14.6 Å². The van der Waals surface area contributed by atoms with Crippen LogP contribution in [0.2, 0.25) is 5.02 Å². The summed E-state index contributed by atoms with van der Waals surface area (Å²) in [5, 5.41) is 3.47. The van der Waals surface area contributed by atoms with E-state index in [0.717, 1.165) is 65.2 Å². The highest BCUT2D eigenvalue weighted by Crippen LogP contribution is 2.40. The van der Waals surface area contributed by atoms with Crippen molar-refractivity contribution in [2.24, 2.45) is 0 Å². The zero-order chi connectivity index (χ0) is 25.5. The molecule has 6 rings (SSSR count). The van der Waals surface area contributed by atoms with Gasteiger partial charge in [-0.05, 0) is 78.9 Å². The average molecular weight is 514 g/mol. The summed E-state index contributed by atoms with van der Waals surface area (Å²) in [7, 11) is 1.65. The molecule has 5 nitrogen and oxygen atoms in total. The van der Waals surface area contributed by atoms with Gasteiger partial charge in [0.2, 0.25) is 0 Å². The van der Waals surface area contributed by atoms with Crippen LogP contribution < -0.4 is 10.1 Å². The number of methoxy groups -OCH3 is 1. The van der Waals surface area contributed by atoms with Crippen molar-refractivity contribution in [3.05, 3.63) is 101 Å². The monoisotopic (exact) mass is 513 g/mol. The molecule has 0 aliphatic carbocycles. The Balaban J connectivity index is 1.60. The van der Waals surface area contributed by atoms with Gasteiger partial charge in [-0.1, -0.05) is 35.9 Å². The topological polar surface area (TPSA) is 47.7 Å². The Bertz CT molecular complexity index is 1620. The SMILES string of the molecule is COc1ccc(-c2cn3c(C(=O)Nc4ccccc4Cl)c(-c4ccc(F)cc4)c4c3n2CCCC4)cc1. The highest BCUT2D eigenvalue weighted by atomic mass is 35.5. The van der Waals surface area contributed by atoms with Crippen molar-refractivity contribution in [2.75, 3.05) is 12.4 Å². The molecule has 1 aliphatic heterocycles. The van der Waals surface area contributed by atoms with Crippen molar-refractivity contribution < 1.29 is 13.9 Å². The number of amides is 1. The fourth-order valence-electron chi connectivity index (χ4n) is 5.27. The molecule has 186 valence electrons. The molecular weight excluding hydrogens is 489 g/mol. The maximum atomic E-state index is 13.9. The summed E-state index contributed by atoms with van der Waals surface area (Å²) in [5.41, 5.74) is 6.83. The second-order valence-electron chi connectivity index (χ2n) is 9.19. The lowest BCUT2D eigenvalue weighted by Gasteiger charge is -2.11. The molecule has 1 N–H and O–H groups in total. The lowest BCUT2D eigenvalue weighted by atomic mass is 9.97. The molecule has 37 heavy (non-hydrogen) atoms. The number of halogens is 2. The third kappa shape index (κ3) is 4.07. The number of hydrogen-bond donors (Lipinski definition) is 1. The number of nitrogens with one attached hydrogen (secondary N) is 1. The van der Waals surface area contributed by atoms with Crippen molar-refractivity contribution in [2.45, 2.75) is 25.8 Å². The minimum Gasteiger partial charge on any atom is -0.497 e. The normalized spacial score (nSPS) is 12.9. The summed E-state index contributed by atoms with van der Waals surface area (Å²) >= 11 is 6.37. The number of carbonyl (C=O) groups excluding carboxylic acids is 1. The third-order valence-corrected chi connectivity index (χ3v) is 7.32. The van der Waals surface area contributed by atoms with E-state index in [1.807, 2.05) is 47.0 Å². The predicted octanol–water partition coefficient (Wildman–Crippen LogP) is 7.46. The van der Waals surface area contributed by atoms with Crippen LogP contribution in [0.5, 0.6) is 5.75 Å². The van der Waals surface area contributed by atoms with Crippen LogP contribution in [0.1, 0.15) is 28.9 Å². The molecule has 2 aromatic heterocycles. The number of aryl methyl sites for hydroxylation is 2. The van der Waals surface area contributed by atoms with Crippen molar-refractivity contribution in [1.82, 2.24) is 8.97 Å². The second kappa shape index (κ2) is 9.45. The summed E-state index contributed by atoms with van der Waals surface area (Å²) in [6.45, 7) is 0.837. The number of hydrogen-bond acceptors (Lipinski definition) is 2. The van der Waals surface area contributed by atoms with E-state index < -0.39 is 0 Å². The summed E-state index contributed by atoms with van der Waals surface area (Å²) < 4.78 is 23.5. The molecule has 0 bridgehead atoms. The molecular formula is C30H25ClFN3O2. The van der Waals surface area contributed by atoms with Crippen LogP contribution in [0.4, 0.5) is 10.1 Å². The fraction of sp³-hybridized carbons (Fsp3) is 0.167. The number of anilines is 1. The molecule has 0 unspecified atom stereocenters. The summed E-state index contributed by atoms with van der Waals surface area (Å²) in [4.78, 5) is 13.9. The molecule has 1 amide bonds.